The summed E-state index contributed by atoms with van der Waals surface area (Å²) < 4.78 is 17.9. The molecule has 2 aromatic heterocycles. The molecule has 2 aromatic carbocycles. The fourth-order valence-electron chi connectivity index (χ4n) is 2.85. The van der Waals surface area contributed by atoms with Crippen molar-refractivity contribution in [1.29, 1.82) is 0 Å². The molecule has 0 unspecified atom stereocenters. The molecule has 0 atom stereocenters. The summed E-state index contributed by atoms with van der Waals surface area (Å²) in [5.41, 5.74) is 1.60. The van der Waals surface area contributed by atoms with Gasteiger partial charge in [0, 0.05) is 18.2 Å². The second-order valence-electron chi connectivity index (χ2n) is 6.22. The van der Waals surface area contributed by atoms with Crippen molar-refractivity contribution in [3.63, 3.8) is 0 Å². The minimum absolute atomic E-state index is 0.453. The maximum atomic E-state index is 6.28. The summed E-state index contributed by atoms with van der Waals surface area (Å²) in [4.78, 5) is 4.46. The Balaban J connectivity index is 1.49. The lowest BCUT2D eigenvalue weighted by molar-refractivity contribution is 0.355. The van der Waals surface area contributed by atoms with Crippen molar-refractivity contribution >= 4 is 23.4 Å². The summed E-state index contributed by atoms with van der Waals surface area (Å²) in [6.07, 6.45) is 0. The standard InChI is InChI=1S/C20H18ClN5O3S/c1-26-19(13-6-4-5-7-14(13)21)23-24-20(26)30-11-17-22-18(25-29-17)12-8-9-15(27-2)16(10-12)28-3/h4-10H,11H2,1-3H3. The van der Waals surface area contributed by atoms with Crippen LogP contribution in [0.15, 0.2) is 52.1 Å². The van der Waals surface area contributed by atoms with Crippen molar-refractivity contribution in [1.82, 2.24) is 24.9 Å². The SMILES string of the molecule is COc1ccc(-c2noc(CSc3nnc(-c4ccccc4Cl)n3C)n2)cc1OC. The lowest BCUT2D eigenvalue weighted by atomic mass is 10.2. The van der Waals surface area contributed by atoms with Gasteiger partial charge in [-0.1, -0.05) is 40.7 Å². The van der Waals surface area contributed by atoms with Gasteiger partial charge in [0.25, 0.3) is 0 Å². The van der Waals surface area contributed by atoms with Gasteiger partial charge in [0.1, 0.15) is 0 Å². The minimum Gasteiger partial charge on any atom is -0.493 e. The van der Waals surface area contributed by atoms with Gasteiger partial charge in [0.15, 0.2) is 22.5 Å². The highest BCUT2D eigenvalue weighted by molar-refractivity contribution is 7.98. The summed E-state index contributed by atoms with van der Waals surface area (Å²) >= 11 is 7.73. The smallest absolute Gasteiger partial charge is 0.237 e. The summed E-state index contributed by atoms with van der Waals surface area (Å²) in [6, 6.07) is 13.0. The maximum absolute atomic E-state index is 6.28. The third kappa shape index (κ3) is 3.99. The van der Waals surface area contributed by atoms with Crippen LogP contribution in [0.1, 0.15) is 5.89 Å². The van der Waals surface area contributed by atoms with Crippen molar-refractivity contribution in [3.8, 4) is 34.3 Å². The van der Waals surface area contributed by atoms with Crippen LogP contribution in [-0.2, 0) is 12.8 Å². The van der Waals surface area contributed by atoms with E-state index in [0.29, 0.717) is 39.8 Å². The van der Waals surface area contributed by atoms with Gasteiger partial charge in [-0.15, -0.1) is 10.2 Å². The number of benzene rings is 2. The molecular formula is C20H18ClN5O3S. The Hall–Kier alpha value is -3.04. The van der Waals surface area contributed by atoms with E-state index in [1.807, 2.05) is 41.9 Å². The molecule has 0 aliphatic rings. The predicted octanol–water partition coefficient (Wildman–Crippen LogP) is 4.50. The van der Waals surface area contributed by atoms with Crippen molar-refractivity contribution < 1.29 is 14.0 Å². The highest BCUT2D eigenvalue weighted by atomic mass is 35.5. The van der Waals surface area contributed by atoms with Gasteiger partial charge >= 0.3 is 0 Å². The van der Waals surface area contributed by atoms with Crippen LogP contribution in [0, 0.1) is 0 Å². The van der Waals surface area contributed by atoms with Gasteiger partial charge in [-0.25, -0.2) is 0 Å². The third-order valence-corrected chi connectivity index (χ3v) is 5.72. The van der Waals surface area contributed by atoms with Crippen LogP contribution in [0.3, 0.4) is 0 Å². The van der Waals surface area contributed by atoms with Crippen LogP contribution in [0.4, 0.5) is 0 Å². The van der Waals surface area contributed by atoms with Gasteiger partial charge < -0.3 is 18.6 Å². The molecule has 0 radical (unpaired) electrons. The highest BCUT2D eigenvalue weighted by Gasteiger charge is 2.16. The second kappa shape index (κ2) is 8.76. The molecule has 0 saturated carbocycles. The molecule has 8 nitrogen and oxygen atoms in total. The van der Waals surface area contributed by atoms with E-state index in [1.165, 1.54) is 11.8 Å². The summed E-state index contributed by atoms with van der Waals surface area (Å²) in [6.45, 7) is 0. The van der Waals surface area contributed by atoms with Crippen molar-refractivity contribution in [3.05, 3.63) is 53.4 Å². The monoisotopic (exact) mass is 443 g/mol. The zero-order chi connectivity index (χ0) is 21.1. The average Bonchev–Trinajstić information content (AvgIpc) is 3.39. The van der Waals surface area contributed by atoms with Gasteiger partial charge in [-0.2, -0.15) is 4.98 Å². The number of aromatic nitrogens is 5. The lowest BCUT2D eigenvalue weighted by Crippen LogP contribution is -1.95. The van der Waals surface area contributed by atoms with Crippen LogP contribution < -0.4 is 9.47 Å². The van der Waals surface area contributed by atoms with E-state index in [-0.39, 0.29) is 0 Å². The van der Waals surface area contributed by atoms with E-state index < -0.39 is 0 Å². The second-order valence-corrected chi connectivity index (χ2v) is 7.56. The fourth-order valence-corrected chi connectivity index (χ4v) is 3.82. The first-order valence-corrected chi connectivity index (χ1v) is 10.3. The van der Waals surface area contributed by atoms with Crippen molar-refractivity contribution in [2.24, 2.45) is 7.05 Å². The molecule has 0 bridgehead atoms. The molecule has 0 fully saturated rings. The van der Waals surface area contributed by atoms with Crippen LogP contribution >= 0.6 is 23.4 Å². The number of methoxy groups -OCH3 is 2. The van der Waals surface area contributed by atoms with Gasteiger partial charge in [0.2, 0.25) is 11.7 Å². The van der Waals surface area contributed by atoms with E-state index in [2.05, 4.69) is 20.3 Å². The van der Waals surface area contributed by atoms with Crippen LogP contribution in [-0.4, -0.2) is 39.1 Å². The molecular weight excluding hydrogens is 426 g/mol. The maximum Gasteiger partial charge on any atom is 0.237 e. The van der Waals surface area contributed by atoms with Gasteiger partial charge in [-0.3, -0.25) is 0 Å². The Morgan fingerprint density at radius 2 is 1.87 bits per heavy atom. The predicted molar refractivity (Wildman–Crippen MR) is 114 cm³/mol. The first kappa shape index (κ1) is 20.2. The zero-order valence-electron chi connectivity index (χ0n) is 16.5. The number of hydrogen-bond acceptors (Lipinski definition) is 8. The Kier molecular flexibility index (Phi) is 5.91. The average molecular weight is 444 g/mol. The Labute approximate surface area is 182 Å². The number of nitrogens with zero attached hydrogens (tertiary/aromatic N) is 5. The molecule has 0 spiro atoms. The molecule has 0 N–H and O–H groups in total. The molecule has 154 valence electrons. The Bertz CT molecular complexity index is 1180. The molecule has 2 heterocycles. The lowest BCUT2D eigenvalue weighted by Gasteiger charge is -2.07. The quantitative estimate of drug-likeness (QED) is 0.386. The third-order valence-electron chi connectivity index (χ3n) is 4.38. The Morgan fingerprint density at radius 1 is 1.07 bits per heavy atom. The normalized spacial score (nSPS) is 10.9. The van der Waals surface area contributed by atoms with Gasteiger partial charge in [-0.05, 0) is 30.3 Å². The number of hydrogen-bond donors (Lipinski definition) is 0. The molecule has 0 aliphatic heterocycles. The van der Waals surface area contributed by atoms with Crippen molar-refractivity contribution in [2.45, 2.75) is 10.9 Å². The minimum atomic E-state index is 0.453. The first-order valence-electron chi connectivity index (χ1n) is 8.92. The number of ether oxygens (including phenoxy) is 2. The first-order chi connectivity index (χ1) is 14.6. The summed E-state index contributed by atoms with van der Waals surface area (Å²) in [5, 5.41) is 13.9. The summed E-state index contributed by atoms with van der Waals surface area (Å²) in [7, 11) is 5.06. The van der Waals surface area contributed by atoms with Gasteiger partial charge in [0.05, 0.1) is 25.0 Å². The van der Waals surface area contributed by atoms with E-state index >= 15 is 0 Å². The highest BCUT2D eigenvalue weighted by Crippen LogP contribution is 2.32. The summed E-state index contributed by atoms with van der Waals surface area (Å²) in [5.74, 6) is 3.33. The van der Waals surface area contributed by atoms with Crippen LogP contribution in [0.2, 0.25) is 5.02 Å². The molecule has 10 heteroatoms. The molecule has 4 rings (SSSR count). The molecule has 0 saturated heterocycles. The largest absolute Gasteiger partial charge is 0.493 e. The number of rotatable bonds is 7. The van der Waals surface area contributed by atoms with Crippen LogP contribution in [0.5, 0.6) is 11.5 Å². The van der Waals surface area contributed by atoms with E-state index in [4.69, 9.17) is 25.6 Å². The zero-order valence-corrected chi connectivity index (χ0v) is 18.1. The van der Waals surface area contributed by atoms with E-state index in [9.17, 15) is 0 Å². The molecule has 30 heavy (non-hydrogen) atoms. The van der Waals surface area contributed by atoms with E-state index in [1.54, 1.807) is 26.4 Å². The molecule has 0 aliphatic carbocycles. The van der Waals surface area contributed by atoms with Crippen molar-refractivity contribution in [2.75, 3.05) is 14.2 Å². The molecule has 4 aromatic rings. The topological polar surface area (TPSA) is 88.1 Å². The van der Waals surface area contributed by atoms with E-state index in [0.717, 1.165) is 16.3 Å². The Morgan fingerprint density at radius 3 is 2.63 bits per heavy atom. The van der Waals surface area contributed by atoms with Crippen LogP contribution in [0.25, 0.3) is 22.8 Å². The fraction of sp³-hybridized carbons (Fsp3) is 0.200. The number of thioether (sulfide) groups is 1. The molecule has 0 amide bonds. The number of halogens is 1.